The van der Waals surface area contributed by atoms with Crippen molar-refractivity contribution in [3.05, 3.63) is 28.0 Å². The van der Waals surface area contributed by atoms with Crippen molar-refractivity contribution in [3.8, 4) is 0 Å². The number of piperazine rings is 1. The molecule has 4 nitrogen and oxygen atoms in total. The van der Waals surface area contributed by atoms with Crippen LogP contribution in [0.2, 0.25) is 10.3 Å². The van der Waals surface area contributed by atoms with Crippen LogP contribution in [0.3, 0.4) is 0 Å². The van der Waals surface area contributed by atoms with E-state index in [0.717, 1.165) is 19.5 Å². The maximum atomic E-state index is 12.4. The van der Waals surface area contributed by atoms with E-state index in [1.54, 1.807) is 12.1 Å². The Hall–Kier alpha value is -0.840. The highest BCUT2D eigenvalue weighted by molar-refractivity contribution is 6.34. The molecule has 19 heavy (non-hydrogen) atoms. The van der Waals surface area contributed by atoms with E-state index in [0.29, 0.717) is 23.3 Å². The van der Waals surface area contributed by atoms with E-state index in [9.17, 15) is 4.79 Å². The highest BCUT2D eigenvalue weighted by Gasteiger charge is 2.27. The summed E-state index contributed by atoms with van der Waals surface area (Å²) in [7, 11) is 2.09. The second kappa shape index (κ2) is 6.07. The molecule has 2 heterocycles. The van der Waals surface area contributed by atoms with Crippen molar-refractivity contribution >= 4 is 29.1 Å². The standard InChI is InChI=1S/C13H17Cl2N3O/c1-3-9-8-18(7-6-17(9)2)13(19)10-4-5-11(14)16-12(10)15/h4-5,9H,3,6-8H2,1-2H3. The van der Waals surface area contributed by atoms with E-state index in [4.69, 9.17) is 23.2 Å². The Bertz CT molecular complexity index is 481. The smallest absolute Gasteiger partial charge is 0.257 e. The summed E-state index contributed by atoms with van der Waals surface area (Å²) < 4.78 is 0. The van der Waals surface area contributed by atoms with Crippen LogP contribution < -0.4 is 0 Å². The van der Waals surface area contributed by atoms with E-state index in [-0.39, 0.29) is 11.1 Å². The summed E-state index contributed by atoms with van der Waals surface area (Å²) in [6, 6.07) is 3.63. The van der Waals surface area contributed by atoms with Crippen molar-refractivity contribution in [2.24, 2.45) is 0 Å². The third kappa shape index (κ3) is 3.19. The second-order valence-electron chi connectivity index (χ2n) is 4.77. The summed E-state index contributed by atoms with van der Waals surface area (Å²) in [6.45, 7) is 4.45. The van der Waals surface area contributed by atoms with Gasteiger partial charge in [0.1, 0.15) is 10.3 Å². The molecule has 1 aromatic rings. The Morgan fingerprint density at radius 3 is 2.79 bits per heavy atom. The van der Waals surface area contributed by atoms with Crippen LogP contribution in [0.25, 0.3) is 0 Å². The number of amides is 1. The predicted octanol–water partition coefficient (Wildman–Crippen LogP) is 2.55. The monoisotopic (exact) mass is 301 g/mol. The lowest BCUT2D eigenvalue weighted by molar-refractivity contribution is 0.0541. The van der Waals surface area contributed by atoms with Crippen molar-refractivity contribution in [3.63, 3.8) is 0 Å². The Kier molecular flexibility index (Phi) is 4.66. The lowest BCUT2D eigenvalue weighted by Gasteiger charge is -2.39. The molecule has 0 N–H and O–H groups in total. The Morgan fingerprint density at radius 2 is 2.16 bits per heavy atom. The lowest BCUT2D eigenvalue weighted by atomic mass is 10.1. The molecule has 1 fully saturated rings. The normalized spacial score (nSPS) is 20.6. The number of pyridine rings is 1. The van der Waals surface area contributed by atoms with Gasteiger partial charge in [-0.1, -0.05) is 30.1 Å². The molecule has 1 aliphatic heterocycles. The fourth-order valence-electron chi connectivity index (χ4n) is 2.31. The maximum absolute atomic E-state index is 12.4. The first-order valence-corrected chi connectivity index (χ1v) is 7.10. The number of rotatable bonds is 2. The fraction of sp³-hybridized carbons (Fsp3) is 0.538. The van der Waals surface area contributed by atoms with Crippen LogP contribution in [-0.2, 0) is 0 Å². The largest absolute Gasteiger partial charge is 0.336 e. The molecule has 0 aliphatic carbocycles. The molecule has 1 unspecified atom stereocenters. The van der Waals surface area contributed by atoms with Gasteiger partial charge in [-0.3, -0.25) is 9.69 Å². The number of hydrogen-bond donors (Lipinski definition) is 0. The average molecular weight is 302 g/mol. The number of halogens is 2. The molecular formula is C13H17Cl2N3O. The van der Waals surface area contributed by atoms with E-state index < -0.39 is 0 Å². The summed E-state index contributed by atoms with van der Waals surface area (Å²) >= 11 is 11.7. The molecule has 0 radical (unpaired) electrons. The summed E-state index contributed by atoms with van der Waals surface area (Å²) in [4.78, 5) is 20.5. The molecule has 1 atom stereocenters. The quantitative estimate of drug-likeness (QED) is 0.788. The van der Waals surface area contributed by atoms with Crippen molar-refractivity contribution in [2.45, 2.75) is 19.4 Å². The van der Waals surface area contributed by atoms with Crippen LogP contribution in [0.1, 0.15) is 23.7 Å². The van der Waals surface area contributed by atoms with Gasteiger partial charge < -0.3 is 4.90 Å². The van der Waals surface area contributed by atoms with Crippen LogP contribution in [-0.4, -0.2) is 53.4 Å². The highest BCUT2D eigenvalue weighted by atomic mass is 35.5. The summed E-state index contributed by atoms with van der Waals surface area (Å²) in [5.41, 5.74) is 0.422. The lowest BCUT2D eigenvalue weighted by Crippen LogP contribution is -2.53. The molecule has 6 heteroatoms. The molecule has 1 aromatic heterocycles. The van der Waals surface area contributed by atoms with Crippen LogP contribution in [0.15, 0.2) is 12.1 Å². The van der Waals surface area contributed by atoms with Crippen LogP contribution >= 0.6 is 23.2 Å². The summed E-state index contributed by atoms with van der Waals surface area (Å²) in [5, 5.41) is 0.468. The van der Waals surface area contributed by atoms with Gasteiger partial charge in [-0.25, -0.2) is 4.98 Å². The number of nitrogens with zero attached hydrogens (tertiary/aromatic N) is 3. The Balaban J connectivity index is 2.15. The molecule has 2 rings (SSSR count). The maximum Gasteiger partial charge on any atom is 0.257 e. The third-order valence-corrected chi connectivity index (χ3v) is 4.08. The third-order valence-electron chi connectivity index (χ3n) is 3.58. The molecule has 1 amide bonds. The number of carbonyl (C=O) groups excluding carboxylic acids is 1. The van der Waals surface area contributed by atoms with E-state index in [1.807, 2.05) is 4.90 Å². The van der Waals surface area contributed by atoms with Crippen LogP contribution in [0, 0.1) is 0 Å². The van der Waals surface area contributed by atoms with Gasteiger partial charge in [0.25, 0.3) is 5.91 Å². The van der Waals surface area contributed by atoms with Crippen molar-refractivity contribution in [2.75, 3.05) is 26.7 Å². The van der Waals surface area contributed by atoms with Crippen molar-refractivity contribution in [1.82, 2.24) is 14.8 Å². The van der Waals surface area contributed by atoms with Gasteiger partial charge >= 0.3 is 0 Å². The van der Waals surface area contributed by atoms with E-state index in [2.05, 4.69) is 23.9 Å². The first kappa shape index (κ1) is 14.6. The number of carbonyl (C=O) groups is 1. The predicted molar refractivity (Wildman–Crippen MR) is 76.9 cm³/mol. The Labute approximate surface area is 123 Å². The van der Waals surface area contributed by atoms with Gasteiger partial charge in [0, 0.05) is 25.7 Å². The topological polar surface area (TPSA) is 36.4 Å². The minimum atomic E-state index is -0.0688. The van der Waals surface area contributed by atoms with Crippen molar-refractivity contribution in [1.29, 1.82) is 0 Å². The molecule has 0 bridgehead atoms. The van der Waals surface area contributed by atoms with Gasteiger partial charge in [-0.2, -0.15) is 0 Å². The first-order valence-electron chi connectivity index (χ1n) is 6.34. The van der Waals surface area contributed by atoms with E-state index >= 15 is 0 Å². The van der Waals surface area contributed by atoms with Gasteiger partial charge in [-0.15, -0.1) is 0 Å². The molecule has 1 aliphatic rings. The van der Waals surface area contributed by atoms with Gasteiger partial charge in [0.2, 0.25) is 0 Å². The van der Waals surface area contributed by atoms with Crippen molar-refractivity contribution < 1.29 is 4.79 Å². The molecular weight excluding hydrogens is 285 g/mol. The zero-order valence-electron chi connectivity index (χ0n) is 11.1. The molecule has 0 saturated carbocycles. The Morgan fingerprint density at radius 1 is 1.42 bits per heavy atom. The zero-order valence-corrected chi connectivity index (χ0v) is 12.6. The minimum Gasteiger partial charge on any atom is -0.336 e. The van der Waals surface area contributed by atoms with Crippen LogP contribution in [0.5, 0.6) is 0 Å². The van der Waals surface area contributed by atoms with E-state index in [1.165, 1.54) is 0 Å². The first-order chi connectivity index (χ1) is 9.02. The van der Waals surface area contributed by atoms with Gasteiger partial charge in [-0.05, 0) is 25.6 Å². The molecule has 1 saturated heterocycles. The summed E-state index contributed by atoms with van der Waals surface area (Å²) in [5.74, 6) is -0.0688. The second-order valence-corrected chi connectivity index (χ2v) is 5.51. The SMILES string of the molecule is CCC1CN(C(=O)c2ccc(Cl)nc2Cl)CCN1C. The molecule has 0 aromatic carbocycles. The van der Waals surface area contributed by atoms with Gasteiger partial charge in [0.05, 0.1) is 5.56 Å². The number of hydrogen-bond acceptors (Lipinski definition) is 3. The average Bonchev–Trinajstić information content (AvgIpc) is 2.38. The number of likely N-dealkylation sites (N-methyl/N-ethyl adjacent to an activating group) is 1. The summed E-state index contributed by atoms with van der Waals surface area (Å²) in [6.07, 6.45) is 1.02. The zero-order chi connectivity index (χ0) is 14.0. The molecule has 104 valence electrons. The van der Waals surface area contributed by atoms with Gasteiger partial charge in [0.15, 0.2) is 0 Å². The fourth-order valence-corrected chi connectivity index (χ4v) is 2.74. The number of aromatic nitrogens is 1. The minimum absolute atomic E-state index is 0.0688. The molecule has 0 spiro atoms. The highest BCUT2D eigenvalue weighted by Crippen LogP contribution is 2.20. The van der Waals surface area contributed by atoms with Crippen LogP contribution in [0.4, 0.5) is 0 Å².